The minimum atomic E-state index is -3.81. The van der Waals surface area contributed by atoms with Gasteiger partial charge in [0, 0.05) is 12.3 Å². The van der Waals surface area contributed by atoms with Crippen molar-refractivity contribution in [1.29, 1.82) is 0 Å². The molecule has 1 aromatic rings. The van der Waals surface area contributed by atoms with Crippen LogP contribution in [0.2, 0.25) is 0 Å². The van der Waals surface area contributed by atoms with Crippen molar-refractivity contribution in [3.8, 4) is 5.75 Å². The highest BCUT2D eigenvalue weighted by Gasteiger charge is 2.48. The van der Waals surface area contributed by atoms with E-state index in [9.17, 15) is 13.2 Å². The van der Waals surface area contributed by atoms with Gasteiger partial charge < -0.3 is 9.47 Å². The minimum absolute atomic E-state index is 0.139. The SMILES string of the molecule is COC(=O)[C@]1(C)CSCCCN1S(=O)(=O)c1ccc(OC)cc1. The van der Waals surface area contributed by atoms with Crippen molar-refractivity contribution in [2.45, 2.75) is 23.8 Å². The lowest BCUT2D eigenvalue weighted by Gasteiger charge is -2.35. The Morgan fingerprint density at radius 3 is 2.48 bits per heavy atom. The molecular formula is C15H21NO5S2. The van der Waals surface area contributed by atoms with E-state index in [2.05, 4.69) is 0 Å². The molecule has 0 spiro atoms. The van der Waals surface area contributed by atoms with Crippen LogP contribution in [0, 0.1) is 0 Å². The lowest BCUT2D eigenvalue weighted by molar-refractivity contribution is -0.149. The Kier molecular flexibility index (Phi) is 5.59. The first-order chi connectivity index (χ1) is 10.9. The standard InChI is InChI=1S/C15H21NO5S2/c1-15(14(17)21-3)11-22-10-4-9-16(15)23(18,19)13-7-5-12(20-2)6-8-13/h5-8H,4,9-11H2,1-3H3/t15-/m0/s1. The lowest BCUT2D eigenvalue weighted by atomic mass is 10.1. The number of nitrogens with zero attached hydrogens (tertiary/aromatic N) is 1. The summed E-state index contributed by atoms with van der Waals surface area (Å²) in [4.78, 5) is 12.4. The van der Waals surface area contributed by atoms with Gasteiger partial charge in [-0.1, -0.05) is 0 Å². The van der Waals surface area contributed by atoms with Crippen LogP contribution in [0.15, 0.2) is 29.2 Å². The van der Waals surface area contributed by atoms with Crippen molar-refractivity contribution in [2.75, 3.05) is 32.3 Å². The Labute approximate surface area is 141 Å². The van der Waals surface area contributed by atoms with Crippen molar-refractivity contribution in [3.63, 3.8) is 0 Å². The Morgan fingerprint density at radius 1 is 1.26 bits per heavy atom. The normalized spacial score (nSPS) is 23.1. The monoisotopic (exact) mass is 359 g/mol. The van der Waals surface area contributed by atoms with Gasteiger partial charge in [-0.15, -0.1) is 0 Å². The number of thioether (sulfide) groups is 1. The lowest BCUT2D eigenvalue weighted by Crippen LogP contribution is -2.56. The van der Waals surface area contributed by atoms with Crippen molar-refractivity contribution >= 4 is 27.8 Å². The van der Waals surface area contributed by atoms with E-state index >= 15 is 0 Å². The summed E-state index contributed by atoms with van der Waals surface area (Å²) in [5.41, 5.74) is -1.21. The third-order valence-corrected chi connectivity index (χ3v) is 7.23. The maximum absolute atomic E-state index is 13.0. The maximum atomic E-state index is 13.0. The summed E-state index contributed by atoms with van der Waals surface area (Å²) in [5.74, 6) is 1.21. The topological polar surface area (TPSA) is 72.9 Å². The number of sulfonamides is 1. The molecule has 8 heteroatoms. The number of ether oxygens (including phenoxy) is 2. The Hall–Kier alpha value is -1.25. The molecule has 1 fully saturated rings. The number of hydrogen-bond donors (Lipinski definition) is 0. The number of rotatable bonds is 4. The second kappa shape index (κ2) is 7.11. The van der Waals surface area contributed by atoms with Crippen LogP contribution in [0.1, 0.15) is 13.3 Å². The van der Waals surface area contributed by atoms with Gasteiger partial charge in [-0.05, 0) is 43.4 Å². The molecule has 0 N–H and O–H groups in total. The molecule has 1 saturated heterocycles. The highest BCUT2D eigenvalue weighted by atomic mass is 32.2. The predicted octanol–water partition coefficient (Wildman–Crippen LogP) is 1.75. The van der Waals surface area contributed by atoms with Gasteiger partial charge in [0.25, 0.3) is 0 Å². The summed E-state index contributed by atoms with van der Waals surface area (Å²) in [6.07, 6.45) is 0.687. The van der Waals surface area contributed by atoms with Crippen LogP contribution >= 0.6 is 11.8 Å². The quantitative estimate of drug-likeness (QED) is 0.763. The average Bonchev–Trinajstić information content (AvgIpc) is 2.77. The second-order valence-electron chi connectivity index (χ2n) is 5.42. The van der Waals surface area contributed by atoms with E-state index in [1.807, 2.05) is 0 Å². The van der Waals surface area contributed by atoms with Crippen LogP contribution in [0.25, 0.3) is 0 Å². The summed E-state index contributed by atoms with van der Waals surface area (Å²) < 4.78 is 37.3. The maximum Gasteiger partial charge on any atom is 0.327 e. The first-order valence-corrected chi connectivity index (χ1v) is 9.79. The minimum Gasteiger partial charge on any atom is -0.497 e. The van der Waals surface area contributed by atoms with Crippen molar-refractivity contribution in [2.24, 2.45) is 0 Å². The van der Waals surface area contributed by atoms with Crippen LogP contribution in [0.5, 0.6) is 5.75 Å². The molecule has 0 aliphatic carbocycles. The molecule has 0 amide bonds. The molecule has 1 aliphatic rings. The molecule has 1 aromatic carbocycles. The van der Waals surface area contributed by atoms with E-state index in [-0.39, 0.29) is 11.4 Å². The van der Waals surface area contributed by atoms with Crippen molar-refractivity contribution in [3.05, 3.63) is 24.3 Å². The zero-order chi connectivity index (χ0) is 17.1. The van der Waals surface area contributed by atoms with Gasteiger partial charge in [0.2, 0.25) is 10.0 Å². The summed E-state index contributed by atoms with van der Waals surface area (Å²) >= 11 is 1.56. The van der Waals surface area contributed by atoms with Gasteiger partial charge in [0.15, 0.2) is 0 Å². The van der Waals surface area contributed by atoms with E-state index in [1.54, 1.807) is 30.8 Å². The van der Waals surface area contributed by atoms with Crippen LogP contribution < -0.4 is 4.74 Å². The summed E-state index contributed by atoms with van der Waals surface area (Å²) in [7, 11) is -1.01. The molecule has 0 aromatic heterocycles. The predicted molar refractivity (Wildman–Crippen MR) is 89.2 cm³/mol. The molecule has 128 valence electrons. The number of methoxy groups -OCH3 is 2. The number of esters is 1. The van der Waals surface area contributed by atoms with E-state index in [4.69, 9.17) is 9.47 Å². The van der Waals surface area contributed by atoms with Crippen LogP contribution in [-0.4, -0.2) is 56.5 Å². The Balaban J connectivity index is 2.46. The molecule has 1 heterocycles. The van der Waals surface area contributed by atoms with Crippen molar-refractivity contribution < 1.29 is 22.7 Å². The largest absolute Gasteiger partial charge is 0.497 e. The molecule has 0 radical (unpaired) electrons. The third-order valence-electron chi connectivity index (χ3n) is 3.86. The molecule has 23 heavy (non-hydrogen) atoms. The zero-order valence-electron chi connectivity index (χ0n) is 13.4. The Bertz CT molecular complexity index is 659. The van der Waals surface area contributed by atoms with Gasteiger partial charge in [-0.25, -0.2) is 13.2 Å². The van der Waals surface area contributed by atoms with Crippen LogP contribution in [-0.2, 0) is 19.6 Å². The number of benzene rings is 1. The highest BCUT2D eigenvalue weighted by molar-refractivity contribution is 7.99. The van der Waals surface area contributed by atoms with Gasteiger partial charge >= 0.3 is 5.97 Å². The molecule has 0 bridgehead atoms. The van der Waals surface area contributed by atoms with Gasteiger partial charge in [0.05, 0.1) is 19.1 Å². The molecule has 0 saturated carbocycles. The first-order valence-electron chi connectivity index (χ1n) is 7.19. The smallest absolute Gasteiger partial charge is 0.327 e. The van der Waals surface area contributed by atoms with Gasteiger partial charge in [-0.3, -0.25) is 0 Å². The fraction of sp³-hybridized carbons (Fsp3) is 0.533. The molecule has 1 aliphatic heterocycles. The van der Waals surface area contributed by atoms with Crippen molar-refractivity contribution in [1.82, 2.24) is 4.31 Å². The molecule has 2 rings (SSSR count). The van der Waals surface area contributed by atoms with Crippen LogP contribution in [0.3, 0.4) is 0 Å². The van der Waals surface area contributed by atoms with E-state index in [0.717, 1.165) is 5.75 Å². The number of carbonyl (C=O) groups is 1. The van der Waals surface area contributed by atoms with Gasteiger partial charge in [0.1, 0.15) is 11.3 Å². The fourth-order valence-corrected chi connectivity index (χ4v) is 5.54. The number of carbonyl (C=O) groups excluding carboxylic acids is 1. The summed E-state index contributed by atoms with van der Waals surface area (Å²) in [5, 5.41) is 0. The molecule has 0 unspecified atom stereocenters. The fourth-order valence-electron chi connectivity index (χ4n) is 2.54. The first kappa shape index (κ1) is 18.1. The van der Waals surface area contributed by atoms with Gasteiger partial charge in [-0.2, -0.15) is 16.1 Å². The second-order valence-corrected chi connectivity index (χ2v) is 8.39. The highest BCUT2D eigenvalue weighted by Crippen LogP contribution is 2.32. The summed E-state index contributed by atoms with van der Waals surface area (Å²) in [6.45, 7) is 1.91. The molecular weight excluding hydrogens is 338 g/mol. The van der Waals surface area contributed by atoms with E-state index < -0.39 is 21.5 Å². The molecule has 6 nitrogen and oxygen atoms in total. The summed E-state index contributed by atoms with van der Waals surface area (Å²) in [6, 6.07) is 6.16. The third kappa shape index (κ3) is 3.49. The average molecular weight is 359 g/mol. The van der Waals surface area contributed by atoms with E-state index in [1.165, 1.54) is 30.7 Å². The van der Waals surface area contributed by atoms with E-state index in [0.29, 0.717) is 17.9 Å². The number of hydrogen-bond acceptors (Lipinski definition) is 6. The molecule has 1 atom stereocenters. The van der Waals surface area contributed by atoms with Crippen LogP contribution in [0.4, 0.5) is 0 Å². The Morgan fingerprint density at radius 2 is 1.91 bits per heavy atom. The zero-order valence-corrected chi connectivity index (χ0v) is 15.1.